The number of nitrogens with zero attached hydrogens (tertiary/aromatic N) is 4. The predicted octanol–water partition coefficient (Wildman–Crippen LogP) is 2.16. The van der Waals surface area contributed by atoms with Crippen molar-refractivity contribution in [2.75, 3.05) is 18.4 Å². The Balaban J connectivity index is 1.53. The van der Waals surface area contributed by atoms with Crippen LogP contribution in [0.1, 0.15) is 35.1 Å². The second-order valence-electron chi connectivity index (χ2n) is 5.91. The van der Waals surface area contributed by atoms with Crippen LogP contribution in [0, 0.1) is 12.8 Å². The molecule has 2 aromatic heterocycles. The van der Waals surface area contributed by atoms with Gasteiger partial charge in [0, 0.05) is 31.7 Å². The average molecular weight is 347 g/mol. The second-order valence-corrected chi connectivity index (χ2v) is 6.76. The van der Waals surface area contributed by atoms with Gasteiger partial charge in [-0.2, -0.15) is 5.10 Å². The summed E-state index contributed by atoms with van der Waals surface area (Å²) >= 11 is 1.37. The summed E-state index contributed by atoms with van der Waals surface area (Å²) in [4.78, 5) is 31.5. The Morgan fingerprint density at radius 2 is 2.12 bits per heavy atom. The molecular formula is C16H21N5O2S. The number of carbonyl (C=O) groups excluding carboxylic acids is 2. The first-order valence-corrected chi connectivity index (χ1v) is 8.99. The highest BCUT2D eigenvalue weighted by Gasteiger charge is 2.29. The monoisotopic (exact) mass is 347 g/mol. The minimum absolute atomic E-state index is 0.00622. The van der Waals surface area contributed by atoms with Crippen LogP contribution in [0.25, 0.3) is 0 Å². The van der Waals surface area contributed by atoms with Crippen LogP contribution in [-0.2, 0) is 11.3 Å². The molecule has 128 valence electrons. The third-order valence-corrected chi connectivity index (χ3v) is 5.23. The zero-order valence-corrected chi connectivity index (χ0v) is 14.7. The highest BCUT2D eigenvalue weighted by molar-refractivity contribution is 7.11. The fourth-order valence-electron chi connectivity index (χ4n) is 2.84. The van der Waals surface area contributed by atoms with Crippen molar-refractivity contribution >= 4 is 28.8 Å². The SMILES string of the molecule is CCn1cc(NC(=O)C2CCN(C(=O)c3scnc3C)CC2)cn1. The van der Waals surface area contributed by atoms with Crippen LogP contribution in [0.2, 0.25) is 0 Å². The summed E-state index contributed by atoms with van der Waals surface area (Å²) < 4.78 is 1.77. The average Bonchev–Trinajstić information content (AvgIpc) is 3.23. The van der Waals surface area contributed by atoms with E-state index in [0.29, 0.717) is 30.8 Å². The van der Waals surface area contributed by atoms with Crippen LogP contribution >= 0.6 is 11.3 Å². The quantitative estimate of drug-likeness (QED) is 0.919. The summed E-state index contributed by atoms with van der Waals surface area (Å²) in [7, 11) is 0. The summed E-state index contributed by atoms with van der Waals surface area (Å²) in [5.41, 5.74) is 3.19. The van der Waals surface area contributed by atoms with Crippen molar-refractivity contribution in [2.24, 2.45) is 5.92 Å². The topological polar surface area (TPSA) is 80.1 Å². The van der Waals surface area contributed by atoms with E-state index in [2.05, 4.69) is 15.4 Å². The minimum atomic E-state index is -0.0680. The number of rotatable bonds is 4. The number of hydrogen-bond acceptors (Lipinski definition) is 5. The summed E-state index contributed by atoms with van der Waals surface area (Å²) in [6.07, 6.45) is 4.84. The Bertz CT molecular complexity index is 730. The number of likely N-dealkylation sites (tertiary alicyclic amines) is 1. The number of aryl methyl sites for hydroxylation is 2. The van der Waals surface area contributed by atoms with E-state index < -0.39 is 0 Å². The molecular weight excluding hydrogens is 326 g/mol. The fourth-order valence-corrected chi connectivity index (χ4v) is 3.61. The van der Waals surface area contributed by atoms with E-state index in [1.165, 1.54) is 11.3 Å². The molecule has 0 spiro atoms. The van der Waals surface area contributed by atoms with Crippen LogP contribution in [-0.4, -0.2) is 44.6 Å². The lowest BCUT2D eigenvalue weighted by molar-refractivity contribution is -0.121. The van der Waals surface area contributed by atoms with E-state index >= 15 is 0 Å². The van der Waals surface area contributed by atoms with Gasteiger partial charge in [-0.05, 0) is 26.7 Å². The van der Waals surface area contributed by atoms with Crippen molar-refractivity contribution in [1.82, 2.24) is 19.7 Å². The van der Waals surface area contributed by atoms with Gasteiger partial charge in [-0.15, -0.1) is 11.3 Å². The molecule has 0 aliphatic carbocycles. The van der Waals surface area contributed by atoms with Gasteiger partial charge in [0.1, 0.15) is 4.88 Å². The first kappa shape index (κ1) is 16.6. The molecule has 1 fully saturated rings. The lowest BCUT2D eigenvalue weighted by atomic mass is 9.95. The number of nitrogens with one attached hydrogen (secondary N) is 1. The third-order valence-electron chi connectivity index (χ3n) is 4.32. The Morgan fingerprint density at radius 1 is 1.38 bits per heavy atom. The first-order valence-electron chi connectivity index (χ1n) is 8.11. The molecule has 2 amide bonds. The van der Waals surface area contributed by atoms with Crippen molar-refractivity contribution in [2.45, 2.75) is 33.2 Å². The number of anilines is 1. The standard InChI is InChI=1S/C16H21N5O2S/c1-3-21-9-13(8-18-21)19-15(22)12-4-6-20(7-5-12)16(23)14-11(2)17-10-24-14/h8-10,12H,3-7H2,1-2H3,(H,19,22). The van der Waals surface area contributed by atoms with Gasteiger partial charge in [0.15, 0.2) is 0 Å². The summed E-state index contributed by atoms with van der Waals surface area (Å²) in [5.74, 6) is -0.0358. The zero-order valence-electron chi connectivity index (χ0n) is 13.9. The molecule has 1 N–H and O–H groups in total. The summed E-state index contributed by atoms with van der Waals surface area (Å²) in [6, 6.07) is 0. The zero-order chi connectivity index (χ0) is 17.1. The molecule has 3 rings (SSSR count). The maximum atomic E-state index is 12.5. The molecule has 0 radical (unpaired) electrons. The van der Waals surface area contributed by atoms with E-state index in [-0.39, 0.29) is 17.7 Å². The Morgan fingerprint density at radius 3 is 2.71 bits per heavy atom. The molecule has 0 bridgehead atoms. The van der Waals surface area contributed by atoms with E-state index in [4.69, 9.17) is 0 Å². The van der Waals surface area contributed by atoms with E-state index in [9.17, 15) is 9.59 Å². The second kappa shape index (κ2) is 7.12. The number of aromatic nitrogens is 3. The van der Waals surface area contributed by atoms with E-state index in [0.717, 1.165) is 17.9 Å². The molecule has 3 heterocycles. The summed E-state index contributed by atoms with van der Waals surface area (Å²) in [5, 5.41) is 7.06. The summed E-state index contributed by atoms with van der Waals surface area (Å²) in [6.45, 7) is 5.81. The Kier molecular flexibility index (Phi) is 4.94. The van der Waals surface area contributed by atoms with Gasteiger partial charge in [-0.3, -0.25) is 14.3 Å². The highest BCUT2D eigenvalue weighted by atomic mass is 32.1. The van der Waals surface area contributed by atoms with Crippen LogP contribution in [0.15, 0.2) is 17.9 Å². The molecule has 0 aromatic carbocycles. The molecule has 1 saturated heterocycles. The maximum Gasteiger partial charge on any atom is 0.265 e. The van der Waals surface area contributed by atoms with Gasteiger partial charge < -0.3 is 10.2 Å². The van der Waals surface area contributed by atoms with Crippen LogP contribution in [0.3, 0.4) is 0 Å². The van der Waals surface area contributed by atoms with Gasteiger partial charge in [0.25, 0.3) is 5.91 Å². The Hall–Kier alpha value is -2.22. The van der Waals surface area contributed by atoms with Crippen molar-refractivity contribution in [3.63, 3.8) is 0 Å². The smallest absolute Gasteiger partial charge is 0.265 e. The molecule has 1 aliphatic heterocycles. The Labute approximate surface area is 144 Å². The van der Waals surface area contributed by atoms with Gasteiger partial charge in [-0.25, -0.2) is 4.98 Å². The lowest BCUT2D eigenvalue weighted by Crippen LogP contribution is -2.41. The van der Waals surface area contributed by atoms with Gasteiger partial charge in [0.05, 0.1) is 23.1 Å². The molecule has 0 saturated carbocycles. The lowest BCUT2D eigenvalue weighted by Gasteiger charge is -2.31. The first-order chi connectivity index (χ1) is 11.6. The molecule has 7 nitrogen and oxygen atoms in total. The van der Waals surface area contributed by atoms with Crippen LogP contribution in [0.5, 0.6) is 0 Å². The van der Waals surface area contributed by atoms with Crippen molar-refractivity contribution in [3.05, 3.63) is 28.5 Å². The number of carbonyl (C=O) groups is 2. The van der Waals surface area contributed by atoms with Crippen LogP contribution in [0.4, 0.5) is 5.69 Å². The number of piperidine rings is 1. The van der Waals surface area contributed by atoms with Crippen molar-refractivity contribution in [3.8, 4) is 0 Å². The highest BCUT2D eigenvalue weighted by Crippen LogP contribution is 2.23. The van der Waals surface area contributed by atoms with Crippen molar-refractivity contribution < 1.29 is 9.59 Å². The molecule has 2 aromatic rings. The van der Waals surface area contributed by atoms with Crippen molar-refractivity contribution in [1.29, 1.82) is 0 Å². The van der Waals surface area contributed by atoms with Crippen LogP contribution < -0.4 is 5.32 Å². The van der Waals surface area contributed by atoms with E-state index in [1.807, 2.05) is 24.9 Å². The molecule has 1 aliphatic rings. The molecule has 0 unspecified atom stereocenters. The normalized spacial score (nSPS) is 15.5. The van der Waals surface area contributed by atoms with Gasteiger partial charge in [-0.1, -0.05) is 0 Å². The molecule has 24 heavy (non-hydrogen) atoms. The number of thiazole rings is 1. The number of amides is 2. The maximum absolute atomic E-state index is 12.5. The largest absolute Gasteiger partial charge is 0.338 e. The fraction of sp³-hybridized carbons (Fsp3) is 0.500. The third kappa shape index (κ3) is 3.48. The van der Waals surface area contributed by atoms with Gasteiger partial charge >= 0.3 is 0 Å². The van der Waals surface area contributed by atoms with Gasteiger partial charge in [0.2, 0.25) is 5.91 Å². The molecule has 8 heteroatoms. The predicted molar refractivity (Wildman–Crippen MR) is 92.0 cm³/mol. The molecule has 0 atom stereocenters. The minimum Gasteiger partial charge on any atom is -0.338 e. The number of hydrogen-bond donors (Lipinski definition) is 1. The van der Waals surface area contributed by atoms with E-state index in [1.54, 1.807) is 16.4 Å².